The van der Waals surface area contributed by atoms with E-state index >= 15 is 0 Å². The van der Waals surface area contributed by atoms with Gasteiger partial charge in [0.05, 0.1) is 16.6 Å². The van der Waals surface area contributed by atoms with Crippen LogP contribution < -0.4 is 9.62 Å². The minimum absolute atomic E-state index is 0.0679. The van der Waals surface area contributed by atoms with Crippen molar-refractivity contribution in [2.24, 2.45) is 0 Å². The Morgan fingerprint density at radius 1 is 0.909 bits per heavy atom. The molecule has 0 saturated heterocycles. The molecule has 0 aliphatic heterocycles. The lowest BCUT2D eigenvalue weighted by molar-refractivity contribution is -0.120. The van der Waals surface area contributed by atoms with Gasteiger partial charge in [-0.1, -0.05) is 41.4 Å². The van der Waals surface area contributed by atoms with Crippen LogP contribution in [0.4, 0.5) is 5.69 Å². The van der Waals surface area contributed by atoms with Gasteiger partial charge in [-0.2, -0.15) is 0 Å². The van der Waals surface area contributed by atoms with Crippen LogP contribution in [0.3, 0.4) is 0 Å². The number of carbonyl (C=O) groups excluding carboxylic acids is 1. The highest BCUT2D eigenvalue weighted by atomic mass is 35.5. The Balaban J connectivity index is 1.90. The topological polar surface area (TPSA) is 66.5 Å². The number of amides is 1. The molecule has 0 aliphatic carbocycles. The molecule has 0 saturated carbocycles. The molecular weight excluding hydrogens is 456 g/mol. The first-order valence-corrected chi connectivity index (χ1v) is 12.5. The fourth-order valence-electron chi connectivity index (χ4n) is 3.70. The van der Waals surface area contributed by atoms with Gasteiger partial charge in [0.15, 0.2) is 0 Å². The summed E-state index contributed by atoms with van der Waals surface area (Å²) in [6, 6.07) is 16.9. The van der Waals surface area contributed by atoms with Crippen LogP contribution >= 0.6 is 11.6 Å². The first kappa shape index (κ1) is 24.8. The molecule has 0 fully saturated rings. The van der Waals surface area contributed by atoms with Crippen molar-refractivity contribution in [3.63, 3.8) is 0 Å². The van der Waals surface area contributed by atoms with E-state index in [0.29, 0.717) is 10.7 Å². The SMILES string of the molecule is Cc1ccc(N(CC(=O)NC(C)c2cc(C)c(C)cc2C)S(=O)(=O)c2ccc(Cl)cc2)cc1. The number of anilines is 1. The van der Waals surface area contributed by atoms with Crippen LogP contribution in [0, 0.1) is 27.7 Å². The Labute approximate surface area is 201 Å². The summed E-state index contributed by atoms with van der Waals surface area (Å²) in [7, 11) is -3.99. The molecule has 174 valence electrons. The zero-order valence-corrected chi connectivity index (χ0v) is 21.1. The van der Waals surface area contributed by atoms with E-state index in [9.17, 15) is 13.2 Å². The normalized spacial score (nSPS) is 12.3. The maximum absolute atomic E-state index is 13.5. The van der Waals surface area contributed by atoms with Crippen molar-refractivity contribution in [3.05, 3.63) is 93.5 Å². The molecule has 0 aliphatic rings. The quantitative estimate of drug-likeness (QED) is 0.471. The molecule has 1 unspecified atom stereocenters. The van der Waals surface area contributed by atoms with E-state index in [-0.39, 0.29) is 17.5 Å². The largest absolute Gasteiger partial charge is 0.348 e. The minimum atomic E-state index is -3.99. The molecule has 3 aromatic rings. The standard InChI is InChI=1S/C26H29ClN2O3S/c1-17-6-10-23(11-7-17)29(33(31,32)24-12-8-22(27)9-13-24)16-26(30)28-21(5)25-15-19(3)18(2)14-20(25)4/h6-15,21H,16H2,1-5H3,(H,28,30). The Kier molecular flexibility index (Phi) is 7.50. The zero-order chi connectivity index (χ0) is 24.3. The van der Waals surface area contributed by atoms with E-state index in [2.05, 4.69) is 24.4 Å². The third-order valence-corrected chi connectivity index (χ3v) is 7.78. The number of hydrogen-bond acceptors (Lipinski definition) is 3. The van der Waals surface area contributed by atoms with E-state index in [1.54, 1.807) is 12.1 Å². The van der Waals surface area contributed by atoms with Crippen LogP contribution in [-0.2, 0) is 14.8 Å². The van der Waals surface area contributed by atoms with Crippen molar-refractivity contribution in [2.75, 3.05) is 10.8 Å². The fraction of sp³-hybridized carbons (Fsp3) is 0.269. The van der Waals surface area contributed by atoms with Crippen LogP contribution in [-0.4, -0.2) is 20.9 Å². The Morgan fingerprint density at radius 3 is 2.09 bits per heavy atom. The number of nitrogens with one attached hydrogen (secondary N) is 1. The van der Waals surface area contributed by atoms with E-state index in [1.807, 2.05) is 39.8 Å². The molecular formula is C26H29ClN2O3S. The highest BCUT2D eigenvalue weighted by Crippen LogP contribution is 2.26. The molecule has 5 nitrogen and oxygen atoms in total. The van der Waals surface area contributed by atoms with Crippen LogP contribution in [0.1, 0.15) is 40.8 Å². The van der Waals surface area contributed by atoms with Gasteiger partial charge in [-0.05, 0) is 93.3 Å². The molecule has 0 bridgehead atoms. The summed E-state index contributed by atoms with van der Waals surface area (Å²) in [4.78, 5) is 13.1. The second-order valence-corrected chi connectivity index (χ2v) is 10.7. The van der Waals surface area contributed by atoms with Crippen LogP contribution in [0.25, 0.3) is 0 Å². The number of nitrogens with zero attached hydrogens (tertiary/aromatic N) is 1. The lowest BCUT2D eigenvalue weighted by atomic mass is 9.96. The van der Waals surface area contributed by atoms with Crippen molar-refractivity contribution in [3.8, 4) is 0 Å². The molecule has 33 heavy (non-hydrogen) atoms. The molecule has 0 radical (unpaired) electrons. The Morgan fingerprint density at radius 2 is 1.48 bits per heavy atom. The van der Waals surface area contributed by atoms with E-state index in [4.69, 9.17) is 11.6 Å². The van der Waals surface area contributed by atoms with Gasteiger partial charge in [0, 0.05) is 5.02 Å². The first-order valence-electron chi connectivity index (χ1n) is 10.7. The van der Waals surface area contributed by atoms with Gasteiger partial charge in [0.25, 0.3) is 10.0 Å². The van der Waals surface area contributed by atoms with Gasteiger partial charge in [0.1, 0.15) is 6.54 Å². The van der Waals surface area contributed by atoms with Crippen molar-refractivity contribution < 1.29 is 13.2 Å². The smallest absolute Gasteiger partial charge is 0.264 e. The zero-order valence-electron chi connectivity index (χ0n) is 19.5. The monoisotopic (exact) mass is 484 g/mol. The minimum Gasteiger partial charge on any atom is -0.348 e. The first-order chi connectivity index (χ1) is 15.5. The van der Waals surface area contributed by atoms with Crippen molar-refractivity contribution >= 4 is 33.2 Å². The molecule has 0 aromatic heterocycles. The van der Waals surface area contributed by atoms with Crippen molar-refractivity contribution in [2.45, 2.75) is 45.6 Å². The third kappa shape index (κ3) is 5.75. The molecule has 1 N–H and O–H groups in total. The number of rotatable bonds is 7. The maximum Gasteiger partial charge on any atom is 0.264 e. The lowest BCUT2D eigenvalue weighted by Gasteiger charge is -2.26. The van der Waals surface area contributed by atoms with Gasteiger partial charge in [-0.15, -0.1) is 0 Å². The highest BCUT2D eigenvalue weighted by Gasteiger charge is 2.28. The van der Waals surface area contributed by atoms with Crippen LogP contribution in [0.2, 0.25) is 5.02 Å². The van der Waals surface area contributed by atoms with Gasteiger partial charge in [-0.25, -0.2) is 8.42 Å². The number of aryl methyl sites for hydroxylation is 4. The van der Waals surface area contributed by atoms with E-state index in [1.165, 1.54) is 29.8 Å². The summed E-state index contributed by atoms with van der Waals surface area (Å²) >= 11 is 5.94. The molecule has 0 heterocycles. The number of benzene rings is 3. The number of carbonyl (C=O) groups is 1. The average Bonchev–Trinajstić information content (AvgIpc) is 2.75. The number of sulfonamides is 1. The molecule has 0 spiro atoms. The lowest BCUT2D eigenvalue weighted by Crippen LogP contribution is -2.41. The summed E-state index contributed by atoms with van der Waals surface area (Å²) in [6.45, 7) is 9.57. The second kappa shape index (κ2) is 9.98. The summed E-state index contributed by atoms with van der Waals surface area (Å²) in [6.07, 6.45) is 0. The van der Waals surface area contributed by atoms with Gasteiger partial charge < -0.3 is 5.32 Å². The van der Waals surface area contributed by atoms with Gasteiger partial charge in [-0.3, -0.25) is 9.10 Å². The number of hydrogen-bond donors (Lipinski definition) is 1. The summed E-state index contributed by atoms with van der Waals surface area (Å²) in [5.74, 6) is -0.391. The van der Waals surface area contributed by atoms with Gasteiger partial charge >= 0.3 is 0 Å². The van der Waals surface area contributed by atoms with Crippen LogP contribution in [0.5, 0.6) is 0 Å². The van der Waals surface area contributed by atoms with E-state index in [0.717, 1.165) is 26.6 Å². The highest BCUT2D eigenvalue weighted by molar-refractivity contribution is 7.92. The fourth-order valence-corrected chi connectivity index (χ4v) is 5.25. The van der Waals surface area contributed by atoms with Gasteiger partial charge in [0.2, 0.25) is 5.91 Å². The summed E-state index contributed by atoms with van der Waals surface area (Å²) < 4.78 is 28.0. The summed E-state index contributed by atoms with van der Waals surface area (Å²) in [5, 5.41) is 3.40. The maximum atomic E-state index is 13.5. The van der Waals surface area contributed by atoms with Crippen LogP contribution in [0.15, 0.2) is 65.6 Å². The Hall–Kier alpha value is -2.83. The number of halogens is 1. The molecule has 3 rings (SSSR count). The predicted octanol–water partition coefficient (Wildman–Crippen LogP) is 5.65. The van der Waals surface area contributed by atoms with Crippen molar-refractivity contribution in [1.29, 1.82) is 0 Å². The van der Waals surface area contributed by atoms with E-state index < -0.39 is 15.9 Å². The molecule has 1 atom stereocenters. The summed E-state index contributed by atoms with van der Waals surface area (Å²) in [5.41, 5.74) is 5.83. The van der Waals surface area contributed by atoms with Crippen molar-refractivity contribution in [1.82, 2.24) is 5.32 Å². The third-order valence-electron chi connectivity index (χ3n) is 5.74. The molecule has 1 amide bonds. The molecule has 3 aromatic carbocycles. The Bertz CT molecular complexity index is 1250. The predicted molar refractivity (Wildman–Crippen MR) is 134 cm³/mol. The molecule has 7 heteroatoms. The average molecular weight is 485 g/mol. The second-order valence-electron chi connectivity index (χ2n) is 8.38.